The number of benzene rings is 1. The van der Waals surface area contributed by atoms with Gasteiger partial charge in [-0.25, -0.2) is 0 Å². The van der Waals surface area contributed by atoms with Crippen LogP contribution < -0.4 is 10.2 Å². The molecule has 1 N–H and O–H groups in total. The fourth-order valence-corrected chi connectivity index (χ4v) is 1.87. The lowest BCUT2D eigenvalue weighted by atomic mass is 10.1. The van der Waals surface area contributed by atoms with Crippen LogP contribution in [0.3, 0.4) is 0 Å². The lowest BCUT2D eigenvalue weighted by molar-refractivity contribution is 0.206. The molecule has 4 heteroatoms. The summed E-state index contributed by atoms with van der Waals surface area (Å²) in [6, 6.07) is 6.00. The van der Waals surface area contributed by atoms with Crippen molar-refractivity contribution < 1.29 is 4.74 Å². The highest BCUT2D eigenvalue weighted by atomic mass is 35.5. The zero-order valence-corrected chi connectivity index (χ0v) is 11.5. The van der Waals surface area contributed by atoms with Crippen molar-refractivity contribution in [2.24, 2.45) is 0 Å². The number of nitrogens with one attached hydrogen (secondary N) is 1. The highest BCUT2D eigenvalue weighted by molar-refractivity contribution is 6.30. The number of methoxy groups -OCH3 is 1. The number of hydrogen-bond acceptors (Lipinski definition) is 3. The van der Waals surface area contributed by atoms with E-state index in [1.54, 1.807) is 7.11 Å². The molecule has 1 aromatic carbocycles. The summed E-state index contributed by atoms with van der Waals surface area (Å²) in [5.41, 5.74) is 2.42. The van der Waals surface area contributed by atoms with Crippen LogP contribution >= 0.6 is 11.6 Å². The highest BCUT2D eigenvalue weighted by Gasteiger charge is 2.07. The van der Waals surface area contributed by atoms with E-state index < -0.39 is 0 Å². The fraction of sp³-hybridized carbons (Fsp3) is 0.538. The molecule has 0 spiro atoms. The number of hydrogen-bond donors (Lipinski definition) is 1. The van der Waals surface area contributed by atoms with Gasteiger partial charge in [0.15, 0.2) is 0 Å². The molecule has 0 radical (unpaired) electrons. The first-order valence-electron chi connectivity index (χ1n) is 5.88. The Labute approximate surface area is 109 Å². The van der Waals surface area contributed by atoms with Crippen molar-refractivity contribution in [3.05, 3.63) is 28.8 Å². The lowest BCUT2D eigenvalue weighted by Gasteiger charge is -2.22. The molecule has 3 nitrogen and oxygen atoms in total. The van der Waals surface area contributed by atoms with Gasteiger partial charge >= 0.3 is 0 Å². The molecule has 0 heterocycles. The third-order valence-corrected chi connectivity index (χ3v) is 2.88. The Morgan fingerprint density at radius 2 is 2.18 bits per heavy atom. The maximum atomic E-state index is 6.03. The zero-order valence-electron chi connectivity index (χ0n) is 10.8. The molecule has 0 saturated heterocycles. The summed E-state index contributed by atoms with van der Waals surface area (Å²) < 4.78 is 5.10. The highest BCUT2D eigenvalue weighted by Crippen LogP contribution is 2.23. The second kappa shape index (κ2) is 7.54. The third-order valence-electron chi connectivity index (χ3n) is 2.65. The largest absolute Gasteiger partial charge is 0.383 e. The zero-order chi connectivity index (χ0) is 12.7. The van der Waals surface area contributed by atoms with Crippen molar-refractivity contribution in [2.75, 3.05) is 38.8 Å². The molecule has 0 aliphatic carbocycles. The van der Waals surface area contributed by atoms with Crippen molar-refractivity contribution in [3.8, 4) is 0 Å². The average molecular weight is 257 g/mol. The first kappa shape index (κ1) is 14.3. The number of likely N-dealkylation sites (N-methyl/N-ethyl adjacent to an activating group) is 1. The van der Waals surface area contributed by atoms with Gasteiger partial charge in [0.2, 0.25) is 0 Å². The van der Waals surface area contributed by atoms with Crippen LogP contribution in [0.5, 0.6) is 0 Å². The summed E-state index contributed by atoms with van der Waals surface area (Å²) >= 11 is 6.03. The molecule has 0 saturated carbocycles. The number of ether oxygens (including phenoxy) is 1. The van der Waals surface area contributed by atoms with Crippen molar-refractivity contribution in [2.45, 2.75) is 13.5 Å². The Hall–Kier alpha value is -0.770. The molecule has 1 rings (SSSR count). The van der Waals surface area contributed by atoms with E-state index in [1.807, 2.05) is 12.1 Å². The van der Waals surface area contributed by atoms with Gasteiger partial charge in [0.05, 0.1) is 6.61 Å². The van der Waals surface area contributed by atoms with Gasteiger partial charge in [-0.1, -0.05) is 18.5 Å². The minimum Gasteiger partial charge on any atom is -0.383 e. The topological polar surface area (TPSA) is 24.5 Å². The van der Waals surface area contributed by atoms with Crippen LogP contribution in [0.25, 0.3) is 0 Å². The van der Waals surface area contributed by atoms with E-state index in [1.165, 1.54) is 11.3 Å². The van der Waals surface area contributed by atoms with Gasteiger partial charge in [0, 0.05) is 38.0 Å². The molecule has 0 aromatic heterocycles. The Balaban J connectivity index is 2.80. The van der Waals surface area contributed by atoms with Gasteiger partial charge in [-0.3, -0.25) is 0 Å². The minimum atomic E-state index is 0.722. The van der Waals surface area contributed by atoms with E-state index in [2.05, 4.69) is 30.3 Å². The molecule has 96 valence electrons. The van der Waals surface area contributed by atoms with Crippen molar-refractivity contribution in [3.63, 3.8) is 0 Å². The number of halogens is 1. The average Bonchev–Trinajstić information content (AvgIpc) is 2.33. The smallest absolute Gasteiger partial charge is 0.0637 e. The Bertz CT molecular complexity index is 344. The molecule has 0 fully saturated rings. The van der Waals surface area contributed by atoms with Crippen LogP contribution in [0.1, 0.15) is 12.5 Å². The number of rotatable bonds is 7. The van der Waals surface area contributed by atoms with Crippen molar-refractivity contribution >= 4 is 17.3 Å². The molecular formula is C13H21ClN2O. The molecule has 0 amide bonds. The lowest BCUT2D eigenvalue weighted by Crippen LogP contribution is -2.24. The van der Waals surface area contributed by atoms with E-state index in [4.69, 9.17) is 16.3 Å². The normalized spacial score (nSPS) is 10.6. The summed E-state index contributed by atoms with van der Waals surface area (Å²) in [7, 11) is 3.78. The van der Waals surface area contributed by atoms with Gasteiger partial charge in [-0.15, -0.1) is 0 Å². The van der Waals surface area contributed by atoms with Gasteiger partial charge in [0.1, 0.15) is 0 Å². The van der Waals surface area contributed by atoms with Crippen LogP contribution in [0, 0.1) is 0 Å². The summed E-state index contributed by atoms with van der Waals surface area (Å²) in [6.07, 6.45) is 0. The van der Waals surface area contributed by atoms with Crippen LogP contribution in [0.15, 0.2) is 18.2 Å². The Kier molecular flexibility index (Phi) is 6.34. The van der Waals surface area contributed by atoms with Crippen molar-refractivity contribution in [1.82, 2.24) is 5.32 Å². The summed E-state index contributed by atoms with van der Waals surface area (Å²) in [5.74, 6) is 0. The molecule has 0 bridgehead atoms. The number of nitrogens with zero attached hydrogens (tertiary/aromatic N) is 1. The summed E-state index contributed by atoms with van der Waals surface area (Å²) in [5, 5.41) is 4.11. The van der Waals surface area contributed by atoms with E-state index in [0.717, 1.165) is 31.3 Å². The van der Waals surface area contributed by atoms with Crippen LogP contribution in [0.2, 0.25) is 5.02 Å². The monoisotopic (exact) mass is 256 g/mol. The summed E-state index contributed by atoms with van der Waals surface area (Å²) in [6.45, 7) is 5.48. The predicted octanol–water partition coefficient (Wildman–Crippen LogP) is 2.53. The van der Waals surface area contributed by atoms with Crippen LogP contribution in [-0.4, -0.2) is 33.9 Å². The molecule has 0 unspecified atom stereocenters. The van der Waals surface area contributed by atoms with Gasteiger partial charge < -0.3 is 15.0 Å². The second-order valence-electron chi connectivity index (χ2n) is 3.97. The summed E-state index contributed by atoms with van der Waals surface area (Å²) in [4.78, 5) is 2.19. The Morgan fingerprint density at radius 3 is 2.82 bits per heavy atom. The maximum absolute atomic E-state index is 6.03. The maximum Gasteiger partial charge on any atom is 0.0637 e. The van der Waals surface area contributed by atoms with Crippen molar-refractivity contribution in [1.29, 1.82) is 0 Å². The van der Waals surface area contributed by atoms with Crippen LogP contribution in [-0.2, 0) is 11.3 Å². The molecular weight excluding hydrogens is 236 g/mol. The third kappa shape index (κ3) is 4.54. The fourth-order valence-electron chi connectivity index (χ4n) is 1.68. The van der Waals surface area contributed by atoms with E-state index >= 15 is 0 Å². The minimum absolute atomic E-state index is 0.722. The van der Waals surface area contributed by atoms with Gasteiger partial charge in [0.25, 0.3) is 0 Å². The first-order valence-corrected chi connectivity index (χ1v) is 6.26. The molecule has 0 atom stereocenters. The molecule has 17 heavy (non-hydrogen) atoms. The van der Waals surface area contributed by atoms with Gasteiger partial charge in [-0.05, 0) is 30.3 Å². The SMILES string of the molecule is CCNCc1cc(Cl)ccc1N(C)CCOC. The van der Waals surface area contributed by atoms with E-state index in [0.29, 0.717) is 0 Å². The first-order chi connectivity index (χ1) is 8.19. The second-order valence-corrected chi connectivity index (χ2v) is 4.40. The Morgan fingerprint density at radius 1 is 1.41 bits per heavy atom. The van der Waals surface area contributed by atoms with E-state index in [9.17, 15) is 0 Å². The molecule has 1 aromatic rings. The molecule has 0 aliphatic heterocycles. The predicted molar refractivity (Wildman–Crippen MR) is 74.0 cm³/mol. The standard InChI is InChI=1S/C13H21ClN2O/c1-4-15-10-11-9-12(14)5-6-13(11)16(2)7-8-17-3/h5-6,9,15H,4,7-8,10H2,1-3H3. The van der Waals surface area contributed by atoms with E-state index in [-0.39, 0.29) is 0 Å². The molecule has 0 aliphatic rings. The van der Waals surface area contributed by atoms with Gasteiger partial charge in [-0.2, -0.15) is 0 Å². The number of anilines is 1. The van der Waals surface area contributed by atoms with Crippen LogP contribution in [0.4, 0.5) is 5.69 Å². The quantitative estimate of drug-likeness (QED) is 0.812.